The van der Waals surface area contributed by atoms with Crippen LogP contribution in [0, 0.1) is 6.92 Å². The van der Waals surface area contributed by atoms with Gasteiger partial charge in [0.1, 0.15) is 11.9 Å². The van der Waals surface area contributed by atoms with Gasteiger partial charge in [-0.25, -0.2) is 4.98 Å². The Morgan fingerprint density at radius 2 is 1.90 bits per heavy atom. The Bertz CT molecular complexity index is 1080. The molecule has 2 N–H and O–H groups in total. The van der Waals surface area contributed by atoms with E-state index in [1.165, 1.54) is 6.07 Å². The number of aliphatic carboxylic acids is 1. The predicted octanol–water partition coefficient (Wildman–Crippen LogP) is 4.23. The number of anilines is 1. The number of halogens is 3. The molecule has 164 valence electrons. The first-order valence-electron chi connectivity index (χ1n) is 10.1. The Morgan fingerprint density at radius 1 is 1.13 bits per heavy atom. The first-order valence-corrected chi connectivity index (χ1v) is 10.1. The zero-order valence-corrected chi connectivity index (χ0v) is 17.0. The lowest BCUT2D eigenvalue weighted by Crippen LogP contribution is -2.37. The van der Waals surface area contributed by atoms with Crippen LogP contribution in [0.5, 0.6) is 0 Å². The number of nitrogens with zero attached hydrogens (tertiary/aromatic N) is 3. The molecular weight excluding hydrogens is 409 g/mol. The lowest BCUT2D eigenvalue weighted by molar-refractivity contribution is -0.143. The van der Waals surface area contributed by atoms with Crippen molar-refractivity contribution in [2.24, 2.45) is 0 Å². The van der Waals surface area contributed by atoms with Gasteiger partial charge in [-0.05, 0) is 31.5 Å². The third kappa shape index (κ3) is 4.23. The third-order valence-corrected chi connectivity index (χ3v) is 5.75. The fourth-order valence-corrected chi connectivity index (χ4v) is 4.28. The number of benzene rings is 1. The van der Waals surface area contributed by atoms with Crippen molar-refractivity contribution >= 4 is 22.7 Å². The fourth-order valence-electron chi connectivity index (χ4n) is 4.28. The van der Waals surface area contributed by atoms with Gasteiger partial charge in [-0.15, -0.1) is 0 Å². The minimum Gasteiger partial charge on any atom is -0.480 e. The molecule has 1 aliphatic rings. The van der Waals surface area contributed by atoms with Crippen LogP contribution in [0.15, 0.2) is 42.6 Å². The Kier molecular flexibility index (Phi) is 5.62. The minimum absolute atomic E-state index is 0.457. The van der Waals surface area contributed by atoms with Crippen LogP contribution >= 0.6 is 0 Å². The van der Waals surface area contributed by atoms with E-state index >= 15 is 0 Å². The van der Waals surface area contributed by atoms with Gasteiger partial charge in [0.25, 0.3) is 0 Å². The maximum Gasteiger partial charge on any atom is 0.417 e. The number of fused-ring (bicyclic) bond motifs is 1. The number of rotatable bonds is 4. The number of pyridine rings is 1. The molecule has 31 heavy (non-hydrogen) atoms. The van der Waals surface area contributed by atoms with E-state index in [4.69, 9.17) is 0 Å². The molecule has 0 radical (unpaired) electrons. The summed E-state index contributed by atoms with van der Waals surface area (Å²) in [7, 11) is 0. The summed E-state index contributed by atoms with van der Waals surface area (Å²) < 4.78 is 38.4. The van der Waals surface area contributed by atoms with Gasteiger partial charge in [0.2, 0.25) is 0 Å². The molecule has 1 atom stereocenters. The normalized spacial score (nSPS) is 17.0. The van der Waals surface area contributed by atoms with E-state index in [0.717, 1.165) is 34.4 Å². The Balaban J connectivity index is 1.56. The van der Waals surface area contributed by atoms with Crippen molar-refractivity contribution < 1.29 is 23.1 Å². The summed E-state index contributed by atoms with van der Waals surface area (Å²) in [5.74, 6) is -0.459. The molecule has 0 spiro atoms. The number of carbonyl (C=O) groups is 1. The summed E-state index contributed by atoms with van der Waals surface area (Å²) in [4.78, 5) is 23.4. The first-order chi connectivity index (χ1) is 14.8. The monoisotopic (exact) mass is 432 g/mol. The SMILES string of the molecule is Cc1[nH]c2ccccc2c1[C@@H](C(=O)O)N1CCCN(c2ccc(C(F)(F)F)cn2)CC1. The van der Waals surface area contributed by atoms with Crippen molar-refractivity contribution in [2.45, 2.75) is 25.6 Å². The smallest absolute Gasteiger partial charge is 0.417 e. The molecule has 0 bridgehead atoms. The Labute approximate surface area is 177 Å². The summed E-state index contributed by atoms with van der Waals surface area (Å²) >= 11 is 0. The van der Waals surface area contributed by atoms with Gasteiger partial charge in [0.05, 0.1) is 5.56 Å². The number of carboxylic acid groups (broad SMARTS) is 1. The van der Waals surface area contributed by atoms with Crippen molar-refractivity contribution in [1.29, 1.82) is 0 Å². The van der Waals surface area contributed by atoms with Gasteiger partial charge in [-0.1, -0.05) is 18.2 Å². The molecule has 1 fully saturated rings. The summed E-state index contributed by atoms with van der Waals surface area (Å²) in [5, 5.41) is 11.0. The van der Waals surface area contributed by atoms with E-state index in [2.05, 4.69) is 9.97 Å². The quantitative estimate of drug-likeness (QED) is 0.646. The van der Waals surface area contributed by atoms with E-state index in [0.29, 0.717) is 38.4 Å². The number of carboxylic acids is 1. The van der Waals surface area contributed by atoms with Gasteiger partial charge in [-0.2, -0.15) is 13.2 Å². The van der Waals surface area contributed by atoms with Crippen LogP contribution in [-0.4, -0.2) is 52.1 Å². The summed E-state index contributed by atoms with van der Waals surface area (Å²) in [6, 6.07) is 9.22. The molecule has 0 aliphatic carbocycles. The Morgan fingerprint density at radius 3 is 2.58 bits per heavy atom. The predicted molar refractivity (Wildman–Crippen MR) is 111 cm³/mol. The molecule has 0 unspecified atom stereocenters. The molecular formula is C22H23F3N4O2. The van der Waals surface area contributed by atoms with Crippen LogP contribution in [0.25, 0.3) is 10.9 Å². The number of aromatic amines is 1. The van der Waals surface area contributed by atoms with Crippen molar-refractivity contribution in [3.63, 3.8) is 0 Å². The molecule has 0 saturated carbocycles. The van der Waals surface area contributed by atoms with E-state index in [-0.39, 0.29) is 0 Å². The molecule has 9 heteroatoms. The topological polar surface area (TPSA) is 72.5 Å². The van der Waals surface area contributed by atoms with Crippen LogP contribution in [0.4, 0.5) is 19.0 Å². The molecule has 2 aromatic heterocycles. The molecule has 1 aromatic carbocycles. The number of aromatic nitrogens is 2. The van der Waals surface area contributed by atoms with E-state index < -0.39 is 23.8 Å². The highest BCUT2D eigenvalue weighted by Crippen LogP contribution is 2.33. The average Bonchev–Trinajstić information content (AvgIpc) is 2.89. The van der Waals surface area contributed by atoms with Gasteiger partial charge in [-0.3, -0.25) is 9.69 Å². The molecule has 4 rings (SSSR count). The number of hydrogen-bond acceptors (Lipinski definition) is 4. The standard InChI is InChI=1S/C22H23F3N4O2/c1-14-19(16-5-2-3-6-17(16)27-14)20(21(30)31)29-10-4-9-28(11-12-29)18-8-7-15(13-26-18)22(23,24)25/h2-3,5-8,13,20,27H,4,9-12H2,1H3,(H,30,31)/t20-/m0/s1. The van der Waals surface area contributed by atoms with E-state index in [1.807, 2.05) is 41.0 Å². The first kappa shape index (κ1) is 21.2. The van der Waals surface area contributed by atoms with Crippen LogP contribution in [0.1, 0.15) is 29.3 Å². The summed E-state index contributed by atoms with van der Waals surface area (Å²) in [6.07, 6.45) is -2.91. The van der Waals surface area contributed by atoms with Crippen LogP contribution in [-0.2, 0) is 11.0 Å². The van der Waals surface area contributed by atoms with E-state index in [9.17, 15) is 23.1 Å². The maximum atomic E-state index is 12.8. The zero-order chi connectivity index (χ0) is 22.2. The molecule has 0 amide bonds. The number of alkyl halides is 3. The highest BCUT2D eigenvalue weighted by Gasteiger charge is 2.33. The molecule has 6 nitrogen and oxygen atoms in total. The summed E-state index contributed by atoms with van der Waals surface area (Å²) in [5.41, 5.74) is 1.68. The van der Waals surface area contributed by atoms with Crippen molar-refractivity contribution in [2.75, 3.05) is 31.1 Å². The van der Waals surface area contributed by atoms with Crippen molar-refractivity contribution in [3.05, 3.63) is 59.4 Å². The van der Waals surface area contributed by atoms with Crippen LogP contribution < -0.4 is 4.90 Å². The number of para-hydroxylation sites is 1. The van der Waals surface area contributed by atoms with Gasteiger partial charge >= 0.3 is 12.1 Å². The van der Waals surface area contributed by atoms with Gasteiger partial charge in [0, 0.05) is 54.5 Å². The second-order valence-corrected chi connectivity index (χ2v) is 7.73. The highest BCUT2D eigenvalue weighted by atomic mass is 19.4. The van der Waals surface area contributed by atoms with Crippen molar-refractivity contribution in [1.82, 2.24) is 14.9 Å². The number of aryl methyl sites for hydroxylation is 1. The molecule has 3 heterocycles. The molecule has 1 aliphatic heterocycles. The number of hydrogen-bond donors (Lipinski definition) is 2. The highest BCUT2D eigenvalue weighted by molar-refractivity contribution is 5.90. The lowest BCUT2D eigenvalue weighted by Gasteiger charge is -2.28. The number of nitrogens with one attached hydrogen (secondary N) is 1. The van der Waals surface area contributed by atoms with Crippen LogP contribution in [0.3, 0.4) is 0 Å². The second kappa shape index (κ2) is 8.22. The fraction of sp³-hybridized carbons (Fsp3) is 0.364. The third-order valence-electron chi connectivity index (χ3n) is 5.75. The Hall–Kier alpha value is -3.07. The maximum absolute atomic E-state index is 12.8. The summed E-state index contributed by atoms with van der Waals surface area (Å²) in [6.45, 7) is 3.96. The minimum atomic E-state index is -4.42. The van der Waals surface area contributed by atoms with Gasteiger partial charge in [0.15, 0.2) is 0 Å². The zero-order valence-electron chi connectivity index (χ0n) is 17.0. The number of H-pyrrole nitrogens is 1. The molecule has 1 saturated heterocycles. The van der Waals surface area contributed by atoms with Gasteiger partial charge < -0.3 is 15.0 Å². The van der Waals surface area contributed by atoms with Crippen molar-refractivity contribution in [3.8, 4) is 0 Å². The largest absolute Gasteiger partial charge is 0.480 e. The lowest BCUT2D eigenvalue weighted by atomic mass is 10.0. The van der Waals surface area contributed by atoms with Crippen LogP contribution in [0.2, 0.25) is 0 Å². The average molecular weight is 432 g/mol. The molecule has 3 aromatic rings. The van der Waals surface area contributed by atoms with E-state index in [1.54, 1.807) is 0 Å². The second-order valence-electron chi connectivity index (χ2n) is 7.73.